The fourth-order valence-corrected chi connectivity index (χ4v) is 1.89. The molecule has 2 heterocycles. The summed E-state index contributed by atoms with van der Waals surface area (Å²) in [5.41, 5.74) is 0.487. The van der Waals surface area contributed by atoms with E-state index in [1.54, 1.807) is 11.4 Å². The molecule has 2 aromatic heterocycles. The van der Waals surface area contributed by atoms with Gasteiger partial charge in [0.05, 0.1) is 0 Å². The molecule has 0 bridgehead atoms. The molecule has 62 valence electrons. The largest absolute Gasteiger partial charge is 0.274 e. The highest BCUT2D eigenvalue weighted by Gasteiger charge is 2.04. The molecule has 0 aromatic carbocycles. The number of hydrogen-bond acceptors (Lipinski definition) is 4. The van der Waals surface area contributed by atoms with Gasteiger partial charge in [-0.05, 0) is 18.5 Å². The predicted molar refractivity (Wildman–Crippen MR) is 46.9 cm³/mol. The number of fused-ring (bicyclic) bond motifs is 1. The molecule has 0 saturated heterocycles. The minimum atomic E-state index is -0.257. The van der Waals surface area contributed by atoms with Crippen LogP contribution >= 0.6 is 22.9 Å². The first kappa shape index (κ1) is 7.70. The Hall–Kier alpha value is -0.940. The zero-order valence-corrected chi connectivity index (χ0v) is 7.69. The van der Waals surface area contributed by atoms with Gasteiger partial charge < -0.3 is 0 Å². The maximum absolute atomic E-state index is 10.9. The molecule has 0 unspecified atom stereocenters. The van der Waals surface area contributed by atoms with Crippen LogP contribution in [0.25, 0.3) is 4.96 Å². The first-order valence-corrected chi connectivity index (χ1v) is 4.39. The number of halogens is 1. The van der Waals surface area contributed by atoms with Crippen LogP contribution in [0.5, 0.6) is 0 Å². The average Bonchev–Trinajstić information content (AvgIpc) is 2.29. The summed E-state index contributed by atoms with van der Waals surface area (Å²) in [4.78, 5) is 15.2. The van der Waals surface area contributed by atoms with Gasteiger partial charge in [0.2, 0.25) is 9.43 Å². The number of aryl methyl sites for hydroxylation is 1. The van der Waals surface area contributed by atoms with Gasteiger partial charge in [-0.1, -0.05) is 11.3 Å². The van der Waals surface area contributed by atoms with Crippen LogP contribution in [0, 0.1) is 6.92 Å². The highest BCUT2D eigenvalue weighted by molar-refractivity contribution is 7.20. The fourth-order valence-electron chi connectivity index (χ4n) is 0.927. The average molecular weight is 202 g/mol. The van der Waals surface area contributed by atoms with Crippen LogP contribution in [0.3, 0.4) is 0 Å². The standard InChI is InChI=1S/C6H4ClN3OS/c1-3-2-4(11)8-6-10(3)9-5(7)12-6/h2H,1H3. The van der Waals surface area contributed by atoms with Crippen molar-refractivity contribution in [3.63, 3.8) is 0 Å². The zero-order valence-electron chi connectivity index (χ0n) is 6.11. The van der Waals surface area contributed by atoms with Crippen molar-refractivity contribution in [3.05, 3.63) is 26.6 Å². The predicted octanol–water partition coefficient (Wildman–Crippen LogP) is 1.11. The summed E-state index contributed by atoms with van der Waals surface area (Å²) in [6.07, 6.45) is 0. The fraction of sp³-hybridized carbons (Fsp3) is 0.167. The quantitative estimate of drug-likeness (QED) is 0.642. The molecule has 4 nitrogen and oxygen atoms in total. The van der Waals surface area contributed by atoms with Gasteiger partial charge in [0, 0.05) is 11.8 Å². The lowest BCUT2D eigenvalue weighted by Gasteiger charge is -1.92. The Bertz CT molecular complexity index is 489. The van der Waals surface area contributed by atoms with Crippen molar-refractivity contribution in [3.8, 4) is 0 Å². The van der Waals surface area contributed by atoms with Crippen LogP contribution in [-0.4, -0.2) is 14.6 Å². The lowest BCUT2D eigenvalue weighted by Crippen LogP contribution is -2.08. The molecule has 0 aliphatic heterocycles. The van der Waals surface area contributed by atoms with Crippen molar-refractivity contribution in [1.29, 1.82) is 0 Å². The van der Waals surface area contributed by atoms with Crippen molar-refractivity contribution in [2.45, 2.75) is 6.92 Å². The van der Waals surface area contributed by atoms with Gasteiger partial charge in [-0.25, -0.2) is 4.52 Å². The molecule has 0 atom stereocenters. The minimum Gasteiger partial charge on any atom is -0.267 e. The Morgan fingerprint density at radius 3 is 3.17 bits per heavy atom. The van der Waals surface area contributed by atoms with Crippen molar-refractivity contribution >= 4 is 27.9 Å². The van der Waals surface area contributed by atoms with Crippen LogP contribution < -0.4 is 5.56 Å². The second kappa shape index (κ2) is 2.53. The van der Waals surface area contributed by atoms with Crippen LogP contribution in [0.15, 0.2) is 10.9 Å². The second-order valence-corrected chi connectivity index (χ2v) is 3.82. The minimum absolute atomic E-state index is 0.257. The Labute approximate surface area is 76.4 Å². The van der Waals surface area contributed by atoms with E-state index in [1.165, 1.54) is 17.4 Å². The van der Waals surface area contributed by atoms with Gasteiger partial charge in [0.1, 0.15) is 0 Å². The Kier molecular flexibility index (Phi) is 1.62. The van der Waals surface area contributed by atoms with E-state index in [0.717, 1.165) is 5.69 Å². The molecule has 0 aliphatic carbocycles. The van der Waals surface area contributed by atoms with Crippen molar-refractivity contribution in [2.24, 2.45) is 0 Å². The van der Waals surface area contributed by atoms with E-state index in [-0.39, 0.29) is 5.56 Å². The molecular formula is C6H4ClN3OS. The van der Waals surface area contributed by atoms with Gasteiger partial charge in [-0.15, -0.1) is 5.10 Å². The molecule has 0 aliphatic rings. The van der Waals surface area contributed by atoms with E-state index >= 15 is 0 Å². The summed E-state index contributed by atoms with van der Waals surface area (Å²) in [7, 11) is 0. The van der Waals surface area contributed by atoms with Gasteiger partial charge in [-0.2, -0.15) is 4.98 Å². The molecule has 0 amide bonds. The number of nitrogens with zero attached hydrogens (tertiary/aromatic N) is 3. The lowest BCUT2D eigenvalue weighted by molar-refractivity contribution is 0.887. The normalized spacial score (nSPS) is 10.8. The third kappa shape index (κ3) is 1.11. The van der Waals surface area contributed by atoms with E-state index in [9.17, 15) is 4.79 Å². The first-order chi connectivity index (χ1) is 5.66. The second-order valence-electron chi connectivity index (χ2n) is 2.29. The summed E-state index contributed by atoms with van der Waals surface area (Å²) in [5.74, 6) is 0. The Morgan fingerprint density at radius 1 is 1.67 bits per heavy atom. The number of aromatic nitrogens is 3. The zero-order chi connectivity index (χ0) is 8.72. The lowest BCUT2D eigenvalue weighted by atomic mass is 10.5. The molecule has 0 N–H and O–H groups in total. The molecule has 2 aromatic rings. The number of rotatable bonds is 0. The summed E-state index contributed by atoms with van der Waals surface area (Å²) >= 11 is 6.84. The molecule has 2 rings (SSSR count). The topological polar surface area (TPSA) is 47.3 Å². The molecule has 6 heteroatoms. The first-order valence-electron chi connectivity index (χ1n) is 3.20. The van der Waals surface area contributed by atoms with Crippen LogP contribution in [0.1, 0.15) is 5.69 Å². The maximum Gasteiger partial charge on any atom is 0.274 e. The third-order valence-electron chi connectivity index (χ3n) is 1.41. The van der Waals surface area contributed by atoms with Crippen molar-refractivity contribution in [1.82, 2.24) is 14.6 Å². The van der Waals surface area contributed by atoms with E-state index in [1.807, 2.05) is 0 Å². The van der Waals surface area contributed by atoms with E-state index in [2.05, 4.69) is 10.1 Å². The maximum atomic E-state index is 10.9. The molecule has 0 spiro atoms. The Morgan fingerprint density at radius 2 is 2.42 bits per heavy atom. The summed E-state index contributed by atoms with van der Waals surface area (Å²) in [6.45, 7) is 1.78. The Balaban J connectivity index is 2.97. The summed E-state index contributed by atoms with van der Waals surface area (Å²) in [5, 5.41) is 3.95. The number of hydrogen-bond donors (Lipinski definition) is 0. The van der Waals surface area contributed by atoms with Gasteiger partial charge in [-0.3, -0.25) is 4.79 Å². The molecular weight excluding hydrogens is 198 g/mol. The van der Waals surface area contributed by atoms with Gasteiger partial charge in [0.15, 0.2) is 0 Å². The van der Waals surface area contributed by atoms with Crippen LogP contribution in [0.4, 0.5) is 0 Å². The summed E-state index contributed by atoms with van der Waals surface area (Å²) in [6, 6.07) is 1.42. The van der Waals surface area contributed by atoms with E-state index < -0.39 is 0 Å². The van der Waals surface area contributed by atoms with E-state index in [4.69, 9.17) is 11.6 Å². The summed E-state index contributed by atoms with van der Waals surface area (Å²) < 4.78 is 1.94. The third-order valence-corrected chi connectivity index (χ3v) is 2.41. The smallest absolute Gasteiger partial charge is 0.267 e. The molecule has 12 heavy (non-hydrogen) atoms. The monoisotopic (exact) mass is 201 g/mol. The van der Waals surface area contributed by atoms with Crippen molar-refractivity contribution < 1.29 is 0 Å². The van der Waals surface area contributed by atoms with Crippen LogP contribution in [-0.2, 0) is 0 Å². The molecule has 0 radical (unpaired) electrons. The van der Waals surface area contributed by atoms with Gasteiger partial charge >= 0.3 is 0 Å². The van der Waals surface area contributed by atoms with Crippen molar-refractivity contribution in [2.75, 3.05) is 0 Å². The molecule has 0 saturated carbocycles. The SMILES string of the molecule is Cc1cc(=O)nc2sc(Cl)nn12. The van der Waals surface area contributed by atoms with E-state index in [0.29, 0.717) is 9.43 Å². The van der Waals surface area contributed by atoms with Gasteiger partial charge in [0.25, 0.3) is 5.56 Å². The highest BCUT2D eigenvalue weighted by Crippen LogP contribution is 2.16. The highest BCUT2D eigenvalue weighted by atomic mass is 35.5. The molecule has 0 fully saturated rings. The van der Waals surface area contributed by atoms with Crippen LogP contribution in [0.2, 0.25) is 4.47 Å².